The highest BCUT2D eigenvalue weighted by molar-refractivity contribution is 6.71. The summed E-state index contributed by atoms with van der Waals surface area (Å²) in [7, 11) is 6.49. The molecular formula is C17H18BClN3O3. The van der Waals surface area contributed by atoms with Gasteiger partial charge in [-0.15, -0.1) is 5.98 Å². The first-order chi connectivity index (χ1) is 12.0. The molecule has 1 amide bonds. The average molecular weight is 359 g/mol. The van der Waals surface area contributed by atoms with Crippen molar-refractivity contribution in [2.75, 3.05) is 26.6 Å². The van der Waals surface area contributed by atoms with E-state index in [1.165, 1.54) is 0 Å². The van der Waals surface area contributed by atoms with E-state index in [0.717, 1.165) is 0 Å². The molecule has 0 bridgehead atoms. The van der Waals surface area contributed by atoms with Crippen LogP contribution in [0.1, 0.15) is 0 Å². The van der Waals surface area contributed by atoms with E-state index >= 15 is 0 Å². The largest absolute Gasteiger partial charge is 0.497 e. The smallest absolute Gasteiger partial charge is 0.256 e. The lowest BCUT2D eigenvalue weighted by atomic mass is 9.66. The van der Waals surface area contributed by atoms with Crippen molar-refractivity contribution in [3.05, 3.63) is 41.0 Å². The number of carbonyl (C=O) groups excluding carboxylic acids is 1. The van der Waals surface area contributed by atoms with Crippen LogP contribution in [0.3, 0.4) is 0 Å². The van der Waals surface area contributed by atoms with Crippen molar-refractivity contribution in [3.8, 4) is 11.5 Å². The van der Waals surface area contributed by atoms with Crippen LogP contribution in [0, 0.1) is 0 Å². The molecule has 0 atom stereocenters. The minimum Gasteiger partial charge on any atom is -0.497 e. The molecule has 0 saturated heterocycles. The molecule has 1 aromatic carbocycles. The molecule has 8 heteroatoms. The van der Waals surface area contributed by atoms with E-state index in [0.29, 0.717) is 45.5 Å². The van der Waals surface area contributed by atoms with Gasteiger partial charge in [0.2, 0.25) is 0 Å². The highest BCUT2D eigenvalue weighted by Gasteiger charge is 2.23. The number of amides is 1. The predicted octanol–water partition coefficient (Wildman–Crippen LogP) is 2.88. The number of halogens is 1. The van der Waals surface area contributed by atoms with Gasteiger partial charge in [0.05, 0.1) is 25.5 Å². The van der Waals surface area contributed by atoms with E-state index in [-0.39, 0.29) is 5.91 Å². The van der Waals surface area contributed by atoms with Gasteiger partial charge >= 0.3 is 0 Å². The summed E-state index contributed by atoms with van der Waals surface area (Å²) in [5, 5.41) is 3.12. The number of benzene rings is 1. The first-order valence-electron chi connectivity index (χ1n) is 7.44. The monoisotopic (exact) mass is 358 g/mol. The van der Waals surface area contributed by atoms with E-state index < -0.39 is 0 Å². The van der Waals surface area contributed by atoms with Crippen LogP contribution in [0.4, 0.5) is 5.69 Å². The molecule has 129 valence electrons. The van der Waals surface area contributed by atoms with Crippen molar-refractivity contribution in [2.24, 2.45) is 9.98 Å². The van der Waals surface area contributed by atoms with Gasteiger partial charge in [0.15, 0.2) is 0 Å². The summed E-state index contributed by atoms with van der Waals surface area (Å²) in [5.41, 5.74) is 1.98. The molecule has 1 aliphatic rings. The van der Waals surface area contributed by atoms with Crippen LogP contribution in [0.5, 0.6) is 11.5 Å². The van der Waals surface area contributed by atoms with Crippen molar-refractivity contribution < 1.29 is 14.3 Å². The lowest BCUT2D eigenvalue weighted by Crippen LogP contribution is -2.20. The lowest BCUT2D eigenvalue weighted by molar-refractivity contribution is -0.112. The number of allylic oxidation sites excluding steroid dienone is 1. The Bertz CT molecular complexity index is 765. The third-order valence-electron chi connectivity index (χ3n) is 3.60. The van der Waals surface area contributed by atoms with Crippen LogP contribution in [0.25, 0.3) is 0 Å². The Labute approximate surface area is 152 Å². The molecule has 2 rings (SSSR count). The maximum Gasteiger partial charge on any atom is 0.256 e. The van der Waals surface area contributed by atoms with Crippen LogP contribution in [-0.2, 0) is 4.79 Å². The van der Waals surface area contributed by atoms with E-state index in [1.807, 2.05) is 7.28 Å². The van der Waals surface area contributed by atoms with Gasteiger partial charge in [-0.2, -0.15) is 0 Å². The summed E-state index contributed by atoms with van der Waals surface area (Å²) in [6.45, 7) is 3.55. The second-order valence-corrected chi connectivity index (χ2v) is 5.43. The molecule has 1 aliphatic heterocycles. The van der Waals surface area contributed by atoms with E-state index in [2.05, 4.69) is 22.0 Å². The van der Waals surface area contributed by atoms with Crippen LogP contribution >= 0.6 is 11.6 Å². The summed E-state index contributed by atoms with van der Waals surface area (Å²) in [5.74, 6) is 2.49. The third kappa shape index (κ3) is 4.30. The number of aliphatic imine (C=N–C) groups is 2. The molecule has 0 spiro atoms. The maximum absolute atomic E-state index is 12.7. The minimum absolute atomic E-state index is 0.306. The topological polar surface area (TPSA) is 72.3 Å². The zero-order valence-electron chi connectivity index (χ0n) is 14.3. The Balaban J connectivity index is 2.33. The van der Waals surface area contributed by atoms with Crippen molar-refractivity contribution in [1.29, 1.82) is 0 Å². The van der Waals surface area contributed by atoms with Gasteiger partial charge in [0, 0.05) is 36.5 Å². The Morgan fingerprint density at radius 2 is 1.92 bits per heavy atom. The molecule has 6 nitrogen and oxygen atoms in total. The van der Waals surface area contributed by atoms with Crippen molar-refractivity contribution in [3.63, 3.8) is 0 Å². The lowest BCUT2D eigenvalue weighted by Gasteiger charge is -2.18. The first kappa shape index (κ1) is 18.8. The van der Waals surface area contributed by atoms with Crippen LogP contribution < -0.4 is 14.8 Å². The Morgan fingerprint density at radius 3 is 2.44 bits per heavy atom. The Morgan fingerprint density at radius 1 is 1.28 bits per heavy atom. The number of carbonyl (C=O) groups is 1. The van der Waals surface area contributed by atoms with Gasteiger partial charge in [-0.25, -0.2) is 0 Å². The second-order valence-electron chi connectivity index (χ2n) is 5.08. The molecular weight excluding hydrogens is 340 g/mol. The molecule has 0 aromatic heterocycles. The zero-order valence-corrected chi connectivity index (χ0v) is 15.1. The Kier molecular flexibility index (Phi) is 6.41. The van der Waals surface area contributed by atoms with Gasteiger partial charge in [-0.1, -0.05) is 11.6 Å². The van der Waals surface area contributed by atoms with Crippen molar-refractivity contribution in [1.82, 2.24) is 0 Å². The van der Waals surface area contributed by atoms with Crippen LogP contribution in [0.2, 0.25) is 6.32 Å². The molecule has 1 radical (unpaired) electrons. The second kappa shape index (κ2) is 8.53. The van der Waals surface area contributed by atoms with Gasteiger partial charge < -0.3 is 14.8 Å². The molecule has 25 heavy (non-hydrogen) atoms. The fourth-order valence-electron chi connectivity index (χ4n) is 2.39. The number of hydrogen-bond donors (Lipinski definition) is 1. The molecule has 1 N–H and O–H groups in total. The van der Waals surface area contributed by atoms with Crippen molar-refractivity contribution >= 4 is 42.4 Å². The number of ether oxygens (including phenoxy) is 2. The number of anilines is 1. The molecule has 0 aliphatic carbocycles. The zero-order chi connectivity index (χ0) is 18.4. The quantitative estimate of drug-likeness (QED) is 0.628. The van der Waals surface area contributed by atoms with E-state index in [9.17, 15) is 4.79 Å². The average Bonchev–Trinajstić information content (AvgIpc) is 2.65. The van der Waals surface area contributed by atoms with E-state index in [4.69, 9.17) is 21.1 Å². The fourth-order valence-corrected chi connectivity index (χ4v) is 2.56. The SMILES string of the molecule is C=NC1=C(C(Cl)=NC)C[B]C=C1C(=O)Nc1cc(OC)cc(OC)c1. The van der Waals surface area contributed by atoms with E-state index in [1.54, 1.807) is 45.4 Å². The first-order valence-corrected chi connectivity index (χ1v) is 7.82. The predicted molar refractivity (Wildman–Crippen MR) is 103 cm³/mol. The van der Waals surface area contributed by atoms with Gasteiger partial charge in [-0.3, -0.25) is 14.8 Å². The van der Waals surface area contributed by atoms with Gasteiger partial charge in [0.1, 0.15) is 23.9 Å². The number of methoxy groups -OCH3 is 2. The maximum atomic E-state index is 12.7. The van der Waals surface area contributed by atoms with Crippen LogP contribution in [-0.4, -0.2) is 46.3 Å². The Hall–Kier alpha value is -2.54. The number of rotatable bonds is 6. The summed E-state index contributed by atoms with van der Waals surface area (Å²) in [6, 6.07) is 5.11. The normalized spacial score (nSPS) is 14.4. The summed E-state index contributed by atoms with van der Waals surface area (Å²) in [4.78, 5) is 20.6. The van der Waals surface area contributed by atoms with Crippen LogP contribution in [0.15, 0.2) is 51.0 Å². The molecule has 1 heterocycles. The van der Waals surface area contributed by atoms with Gasteiger partial charge in [0.25, 0.3) is 5.91 Å². The number of hydrogen-bond acceptors (Lipinski definition) is 5. The number of nitrogens with one attached hydrogen (secondary N) is 1. The molecule has 0 saturated carbocycles. The summed E-state index contributed by atoms with van der Waals surface area (Å²) in [6.07, 6.45) is 0.536. The minimum atomic E-state index is -0.341. The molecule has 1 aromatic rings. The molecule has 0 fully saturated rings. The highest BCUT2D eigenvalue weighted by Crippen LogP contribution is 2.29. The number of nitrogens with zero attached hydrogens (tertiary/aromatic N) is 2. The fraction of sp³-hybridized carbons (Fsp3) is 0.235. The third-order valence-corrected chi connectivity index (χ3v) is 4.00. The molecule has 0 unspecified atom stereocenters. The van der Waals surface area contributed by atoms with Gasteiger partial charge in [-0.05, 0) is 13.0 Å². The van der Waals surface area contributed by atoms with Crippen molar-refractivity contribution in [2.45, 2.75) is 6.32 Å². The summed E-state index contributed by atoms with van der Waals surface area (Å²) < 4.78 is 10.4. The summed E-state index contributed by atoms with van der Waals surface area (Å²) >= 11 is 6.12. The highest BCUT2D eigenvalue weighted by atomic mass is 35.5. The standard InChI is InChI=1S/C17H18BClN3O3/c1-20-15-13(16(19)21-2)8-18-9-14(15)17(23)22-10-5-11(24-3)7-12(6-10)25-4/h5-7,9H,1,8H2,2-4H3,(H,22,23).